The zero-order valence-corrected chi connectivity index (χ0v) is 18.1. The number of pyridine rings is 1. The van der Waals surface area contributed by atoms with Crippen LogP contribution in [0.1, 0.15) is 26.3 Å². The van der Waals surface area contributed by atoms with Crippen LogP contribution in [0.25, 0.3) is 0 Å². The summed E-state index contributed by atoms with van der Waals surface area (Å²) >= 11 is 0. The molecule has 0 aliphatic carbocycles. The van der Waals surface area contributed by atoms with Crippen LogP contribution < -0.4 is 10.2 Å². The monoisotopic (exact) mass is 401 g/mol. The Bertz CT molecular complexity index is 675. The number of piperazine rings is 2. The minimum absolute atomic E-state index is 0.147. The van der Waals surface area contributed by atoms with Crippen molar-refractivity contribution < 1.29 is 4.79 Å². The zero-order chi connectivity index (χ0) is 20.6. The van der Waals surface area contributed by atoms with Crippen LogP contribution in [0, 0.1) is 0 Å². The van der Waals surface area contributed by atoms with Gasteiger partial charge in [0.05, 0.1) is 6.54 Å². The Balaban J connectivity index is 1.56. The highest BCUT2D eigenvalue weighted by atomic mass is 16.2. The first kappa shape index (κ1) is 21.4. The molecule has 0 atom stereocenters. The predicted molar refractivity (Wildman–Crippen MR) is 117 cm³/mol. The molecule has 1 aromatic rings. The smallest absolute Gasteiger partial charge is 0.219 e. The van der Waals surface area contributed by atoms with E-state index in [0.29, 0.717) is 6.54 Å². The average molecular weight is 402 g/mol. The molecule has 1 aromatic heterocycles. The highest BCUT2D eigenvalue weighted by Crippen LogP contribution is 2.14. The summed E-state index contributed by atoms with van der Waals surface area (Å²) in [4.78, 5) is 30.0. The first-order valence-electron chi connectivity index (χ1n) is 10.8. The van der Waals surface area contributed by atoms with Gasteiger partial charge in [-0.05, 0) is 25.1 Å². The highest BCUT2D eigenvalue weighted by Gasteiger charge is 2.21. The molecule has 0 spiro atoms. The number of guanidine groups is 1. The Kier molecular flexibility index (Phi) is 7.69. The molecule has 2 fully saturated rings. The summed E-state index contributed by atoms with van der Waals surface area (Å²) in [7, 11) is 0. The van der Waals surface area contributed by atoms with Crippen LogP contribution in [0.15, 0.2) is 23.3 Å². The molecule has 2 saturated heterocycles. The summed E-state index contributed by atoms with van der Waals surface area (Å²) in [5.41, 5.74) is 1.11. The molecule has 3 rings (SSSR count). The first-order chi connectivity index (χ1) is 14.1. The maximum atomic E-state index is 11.5. The lowest BCUT2D eigenvalue weighted by Crippen LogP contribution is -2.53. The van der Waals surface area contributed by atoms with Crippen molar-refractivity contribution in [3.8, 4) is 0 Å². The van der Waals surface area contributed by atoms with Gasteiger partial charge in [-0.3, -0.25) is 4.79 Å². The average Bonchev–Trinajstić information content (AvgIpc) is 2.77. The summed E-state index contributed by atoms with van der Waals surface area (Å²) in [5, 5.41) is 3.38. The molecule has 0 bridgehead atoms. The Hall–Kier alpha value is -2.35. The number of hydrogen-bond acceptors (Lipinski definition) is 5. The van der Waals surface area contributed by atoms with Crippen molar-refractivity contribution in [2.45, 2.75) is 27.3 Å². The van der Waals surface area contributed by atoms with Crippen LogP contribution in [0.3, 0.4) is 0 Å². The van der Waals surface area contributed by atoms with E-state index in [-0.39, 0.29) is 5.91 Å². The van der Waals surface area contributed by atoms with Gasteiger partial charge < -0.3 is 24.9 Å². The Labute approximate surface area is 174 Å². The van der Waals surface area contributed by atoms with Crippen molar-refractivity contribution in [2.75, 3.05) is 70.3 Å². The molecule has 0 radical (unpaired) electrons. The van der Waals surface area contributed by atoms with E-state index in [9.17, 15) is 4.79 Å². The number of nitrogens with one attached hydrogen (secondary N) is 1. The summed E-state index contributed by atoms with van der Waals surface area (Å²) in [6.45, 7) is 15.9. The summed E-state index contributed by atoms with van der Waals surface area (Å²) in [6, 6.07) is 4.25. The number of anilines is 1. The van der Waals surface area contributed by atoms with Crippen molar-refractivity contribution >= 4 is 17.7 Å². The van der Waals surface area contributed by atoms with Crippen molar-refractivity contribution in [1.29, 1.82) is 0 Å². The number of likely N-dealkylation sites (N-methyl/N-ethyl adjacent to an activating group) is 1. The second kappa shape index (κ2) is 10.4. The number of carbonyl (C=O) groups is 1. The second-order valence-corrected chi connectivity index (χ2v) is 7.61. The van der Waals surface area contributed by atoms with Crippen LogP contribution >= 0.6 is 0 Å². The highest BCUT2D eigenvalue weighted by molar-refractivity contribution is 5.80. The van der Waals surface area contributed by atoms with Gasteiger partial charge in [-0.1, -0.05) is 13.0 Å². The molecular weight excluding hydrogens is 366 g/mol. The van der Waals surface area contributed by atoms with Gasteiger partial charge in [-0.25, -0.2) is 9.98 Å². The number of rotatable bonds is 5. The van der Waals surface area contributed by atoms with Gasteiger partial charge in [0.25, 0.3) is 0 Å². The van der Waals surface area contributed by atoms with Gasteiger partial charge in [0.15, 0.2) is 5.96 Å². The molecule has 2 aliphatic heterocycles. The minimum Gasteiger partial charge on any atom is -0.357 e. The summed E-state index contributed by atoms with van der Waals surface area (Å²) in [6.07, 6.45) is 1.95. The standard InChI is InChI=1S/C21H35N7O/c1-4-22-21(28-14-12-26(13-15-28)18(3)29)24-17-19-6-7-20(23-16-19)27-10-8-25(5-2)9-11-27/h6-7,16H,4-5,8-15,17H2,1-3H3,(H,22,24). The fraction of sp³-hybridized carbons (Fsp3) is 0.667. The lowest BCUT2D eigenvalue weighted by atomic mass is 10.2. The van der Waals surface area contributed by atoms with E-state index in [1.807, 2.05) is 11.1 Å². The van der Waals surface area contributed by atoms with Crippen LogP contribution in [0.5, 0.6) is 0 Å². The van der Waals surface area contributed by atoms with Gasteiger partial charge in [-0.2, -0.15) is 0 Å². The van der Waals surface area contributed by atoms with E-state index >= 15 is 0 Å². The second-order valence-electron chi connectivity index (χ2n) is 7.61. The van der Waals surface area contributed by atoms with Gasteiger partial charge in [0, 0.05) is 72.0 Å². The first-order valence-corrected chi connectivity index (χ1v) is 10.8. The number of aliphatic imine (C=N–C) groups is 1. The predicted octanol–water partition coefficient (Wildman–Crippen LogP) is 0.853. The van der Waals surface area contributed by atoms with Gasteiger partial charge in [-0.15, -0.1) is 0 Å². The lowest BCUT2D eigenvalue weighted by Gasteiger charge is -2.36. The molecule has 0 aromatic carbocycles. The summed E-state index contributed by atoms with van der Waals surface area (Å²) in [5.74, 6) is 2.12. The molecule has 0 unspecified atom stereocenters. The van der Waals surface area contributed by atoms with Crippen LogP contribution in [-0.4, -0.2) is 97.0 Å². The topological polar surface area (TPSA) is 67.3 Å². The van der Waals surface area contributed by atoms with E-state index in [2.05, 4.69) is 51.0 Å². The van der Waals surface area contributed by atoms with Gasteiger partial charge >= 0.3 is 0 Å². The quantitative estimate of drug-likeness (QED) is 0.583. The number of aromatic nitrogens is 1. The number of hydrogen-bond donors (Lipinski definition) is 1. The molecule has 8 nitrogen and oxygen atoms in total. The Morgan fingerprint density at radius 3 is 2.28 bits per heavy atom. The van der Waals surface area contributed by atoms with E-state index in [0.717, 1.165) is 82.8 Å². The number of carbonyl (C=O) groups excluding carboxylic acids is 1. The fourth-order valence-electron chi connectivity index (χ4n) is 3.82. The summed E-state index contributed by atoms with van der Waals surface area (Å²) < 4.78 is 0. The fourth-order valence-corrected chi connectivity index (χ4v) is 3.82. The van der Waals surface area contributed by atoms with Crippen LogP contribution in [-0.2, 0) is 11.3 Å². The van der Waals surface area contributed by atoms with Crippen LogP contribution in [0.2, 0.25) is 0 Å². The molecular formula is C21H35N7O. The maximum absolute atomic E-state index is 11.5. The van der Waals surface area contributed by atoms with E-state index in [1.165, 1.54) is 0 Å². The van der Waals surface area contributed by atoms with E-state index in [1.54, 1.807) is 6.92 Å². The van der Waals surface area contributed by atoms with Gasteiger partial charge in [0.2, 0.25) is 5.91 Å². The van der Waals surface area contributed by atoms with Crippen LogP contribution in [0.4, 0.5) is 5.82 Å². The van der Waals surface area contributed by atoms with Crippen molar-refractivity contribution in [2.24, 2.45) is 4.99 Å². The third kappa shape index (κ3) is 5.82. The van der Waals surface area contributed by atoms with Gasteiger partial charge in [0.1, 0.15) is 5.82 Å². The Morgan fingerprint density at radius 2 is 1.72 bits per heavy atom. The molecule has 1 amide bonds. The normalized spacial score (nSPS) is 18.9. The van der Waals surface area contributed by atoms with Crippen molar-refractivity contribution in [3.63, 3.8) is 0 Å². The van der Waals surface area contributed by atoms with E-state index in [4.69, 9.17) is 4.99 Å². The molecule has 29 heavy (non-hydrogen) atoms. The van der Waals surface area contributed by atoms with E-state index < -0.39 is 0 Å². The number of nitrogens with zero attached hydrogens (tertiary/aromatic N) is 6. The molecule has 160 valence electrons. The van der Waals surface area contributed by atoms with Crippen molar-refractivity contribution in [1.82, 2.24) is 25.0 Å². The number of amides is 1. The third-order valence-electron chi connectivity index (χ3n) is 5.72. The van der Waals surface area contributed by atoms with Crippen molar-refractivity contribution in [3.05, 3.63) is 23.9 Å². The Morgan fingerprint density at radius 1 is 1.03 bits per heavy atom. The molecule has 0 saturated carbocycles. The minimum atomic E-state index is 0.147. The molecule has 1 N–H and O–H groups in total. The lowest BCUT2D eigenvalue weighted by molar-refractivity contribution is -0.130. The maximum Gasteiger partial charge on any atom is 0.219 e. The third-order valence-corrected chi connectivity index (χ3v) is 5.72. The molecule has 2 aliphatic rings. The largest absolute Gasteiger partial charge is 0.357 e. The molecule has 3 heterocycles. The zero-order valence-electron chi connectivity index (χ0n) is 18.1. The molecule has 8 heteroatoms. The SMILES string of the molecule is CCNC(=NCc1ccc(N2CCN(CC)CC2)nc1)N1CCN(C(C)=O)CC1.